The summed E-state index contributed by atoms with van der Waals surface area (Å²) in [5, 5.41) is 1.76. The first-order valence-electron chi connectivity index (χ1n) is 5.15. The maximum absolute atomic E-state index is 5.75. The number of nitrogens with two attached hydrogens (primary N) is 1. The molecule has 0 bridgehead atoms. The minimum atomic E-state index is 0.610. The van der Waals surface area contributed by atoms with E-state index in [1.54, 1.807) is 0 Å². The standard InChI is InChI=1S/C12H10BrN3S/c1-6-11(16-12(14)17-6)7-5-15-9-4-2-3-8(13)10(7)9/h2-5,15H,1H3,(H2,14,16). The van der Waals surface area contributed by atoms with Crippen LogP contribution in [0.3, 0.4) is 0 Å². The lowest BCUT2D eigenvalue weighted by atomic mass is 10.1. The number of nitrogens with one attached hydrogen (secondary N) is 1. The molecule has 0 atom stereocenters. The number of aromatic nitrogens is 2. The van der Waals surface area contributed by atoms with Crippen LogP contribution in [0.1, 0.15) is 4.88 Å². The second-order valence-corrected chi connectivity index (χ2v) is 5.91. The molecule has 0 saturated carbocycles. The van der Waals surface area contributed by atoms with E-state index < -0.39 is 0 Å². The molecular formula is C12H10BrN3S. The monoisotopic (exact) mass is 307 g/mol. The molecule has 0 saturated heterocycles. The molecule has 3 N–H and O–H groups in total. The molecule has 2 heterocycles. The van der Waals surface area contributed by atoms with Gasteiger partial charge in [0.2, 0.25) is 0 Å². The van der Waals surface area contributed by atoms with E-state index in [0.29, 0.717) is 5.13 Å². The highest BCUT2D eigenvalue weighted by atomic mass is 79.9. The van der Waals surface area contributed by atoms with Crippen LogP contribution >= 0.6 is 27.3 Å². The Morgan fingerprint density at radius 3 is 2.94 bits per heavy atom. The highest BCUT2D eigenvalue weighted by Crippen LogP contribution is 2.36. The molecule has 86 valence electrons. The summed E-state index contributed by atoms with van der Waals surface area (Å²) in [6.45, 7) is 2.04. The Balaban J connectivity index is 2.35. The second kappa shape index (κ2) is 3.85. The average molecular weight is 308 g/mol. The zero-order valence-electron chi connectivity index (χ0n) is 9.12. The van der Waals surface area contributed by atoms with Crippen molar-refractivity contribution in [1.29, 1.82) is 0 Å². The number of H-pyrrole nitrogens is 1. The first kappa shape index (κ1) is 10.8. The van der Waals surface area contributed by atoms with E-state index in [1.807, 2.05) is 25.3 Å². The summed E-state index contributed by atoms with van der Waals surface area (Å²) < 4.78 is 1.07. The number of benzene rings is 1. The van der Waals surface area contributed by atoms with Gasteiger partial charge in [0.05, 0.1) is 5.69 Å². The molecule has 3 rings (SSSR count). The van der Waals surface area contributed by atoms with E-state index >= 15 is 0 Å². The van der Waals surface area contributed by atoms with E-state index in [-0.39, 0.29) is 0 Å². The van der Waals surface area contributed by atoms with Crippen molar-refractivity contribution >= 4 is 43.3 Å². The summed E-state index contributed by atoms with van der Waals surface area (Å²) in [6, 6.07) is 6.09. The molecule has 3 aromatic rings. The molecule has 0 aliphatic carbocycles. The number of rotatable bonds is 1. The van der Waals surface area contributed by atoms with Crippen LogP contribution in [0.2, 0.25) is 0 Å². The highest BCUT2D eigenvalue weighted by Gasteiger charge is 2.14. The fraction of sp³-hybridized carbons (Fsp3) is 0.0833. The molecule has 0 fully saturated rings. The van der Waals surface area contributed by atoms with Crippen molar-refractivity contribution in [1.82, 2.24) is 9.97 Å². The molecule has 17 heavy (non-hydrogen) atoms. The fourth-order valence-corrected chi connectivity index (χ4v) is 3.28. The molecule has 0 aliphatic rings. The third-order valence-corrected chi connectivity index (χ3v) is 4.18. The molecule has 0 spiro atoms. The summed E-state index contributed by atoms with van der Waals surface area (Å²) in [4.78, 5) is 8.80. The van der Waals surface area contributed by atoms with Gasteiger partial charge in [-0.1, -0.05) is 22.0 Å². The quantitative estimate of drug-likeness (QED) is 0.715. The number of fused-ring (bicyclic) bond motifs is 1. The molecule has 0 amide bonds. The largest absolute Gasteiger partial charge is 0.375 e. The third kappa shape index (κ3) is 1.66. The Hall–Kier alpha value is -1.33. The first-order chi connectivity index (χ1) is 8.16. The zero-order chi connectivity index (χ0) is 12.0. The summed E-state index contributed by atoms with van der Waals surface area (Å²) in [5.41, 5.74) is 8.91. The number of halogens is 1. The molecule has 5 heteroatoms. The fourth-order valence-electron chi connectivity index (χ4n) is 1.99. The lowest BCUT2D eigenvalue weighted by molar-refractivity contribution is 1.38. The van der Waals surface area contributed by atoms with E-state index in [1.165, 1.54) is 11.3 Å². The molecule has 0 aliphatic heterocycles. The molecule has 0 unspecified atom stereocenters. The van der Waals surface area contributed by atoms with Gasteiger partial charge in [0.1, 0.15) is 0 Å². The van der Waals surface area contributed by atoms with Crippen LogP contribution in [0, 0.1) is 6.92 Å². The molecule has 2 aromatic heterocycles. The number of anilines is 1. The summed E-state index contributed by atoms with van der Waals surface area (Å²) >= 11 is 5.10. The number of hydrogen-bond acceptors (Lipinski definition) is 3. The number of aryl methyl sites for hydroxylation is 1. The van der Waals surface area contributed by atoms with E-state index in [0.717, 1.165) is 31.5 Å². The molecule has 0 radical (unpaired) electrons. The zero-order valence-corrected chi connectivity index (χ0v) is 11.5. The van der Waals surface area contributed by atoms with Crippen LogP contribution in [-0.4, -0.2) is 9.97 Å². The van der Waals surface area contributed by atoms with E-state index in [4.69, 9.17) is 5.73 Å². The predicted molar refractivity (Wildman–Crippen MR) is 76.3 cm³/mol. The van der Waals surface area contributed by atoms with Crippen LogP contribution in [0.4, 0.5) is 5.13 Å². The SMILES string of the molecule is Cc1sc(N)nc1-c1c[nH]c2cccc(Br)c12. The Morgan fingerprint density at radius 1 is 1.41 bits per heavy atom. The predicted octanol–water partition coefficient (Wildman–Crippen LogP) is 3.94. The maximum atomic E-state index is 5.75. The second-order valence-electron chi connectivity index (χ2n) is 3.82. The van der Waals surface area contributed by atoms with Crippen LogP contribution in [0.5, 0.6) is 0 Å². The number of nitrogen functional groups attached to an aromatic ring is 1. The molecule has 1 aromatic carbocycles. The van der Waals surface area contributed by atoms with Gasteiger partial charge >= 0.3 is 0 Å². The van der Waals surface area contributed by atoms with Crippen molar-refractivity contribution in [3.63, 3.8) is 0 Å². The normalized spacial score (nSPS) is 11.2. The van der Waals surface area contributed by atoms with Gasteiger partial charge in [-0.05, 0) is 19.1 Å². The van der Waals surface area contributed by atoms with Crippen molar-refractivity contribution in [3.8, 4) is 11.3 Å². The average Bonchev–Trinajstić information content (AvgIpc) is 2.83. The lowest BCUT2D eigenvalue weighted by Gasteiger charge is -1.99. The Labute approximate surface area is 111 Å². The minimum Gasteiger partial charge on any atom is -0.375 e. The minimum absolute atomic E-state index is 0.610. The van der Waals surface area contributed by atoms with Crippen LogP contribution < -0.4 is 5.73 Å². The van der Waals surface area contributed by atoms with Crippen molar-refractivity contribution in [2.24, 2.45) is 0 Å². The van der Waals surface area contributed by atoms with Crippen molar-refractivity contribution in [2.45, 2.75) is 6.92 Å². The molecular weight excluding hydrogens is 298 g/mol. The van der Waals surface area contributed by atoms with Crippen molar-refractivity contribution in [3.05, 3.63) is 33.7 Å². The van der Waals surface area contributed by atoms with Gasteiger partial charge in [-0.15, -0.1) is 11.3 Å². The number of nitrogens with zero attached hydrogens (tertiary/aromatic N) is 1. The van der Waals surface area contributed by atoms with Gasteiger partial charge in [0.15, 0.2) is 5.13 Å². The molecule has 3 nitrogen and oxygen atoms in total. The Kier molecular flexibility index (Phi) is 2.45. The summed E-state index contributed by atoms with van der Waals surface area (Å²) in [6.07, 6.45) is 1.98. The topological polar surface area (TPSA) is 54.7 Å². The Morgan fingerprint density at radius 2 is 2.24 bits per heavy atom. The maximum Gasteiger partial charge on any atom is 0.180 e. The van der Waals surface area contributed by atoms with Gasteiger partial charge in [0.25, 0.3) is 0 Å². The Bertz CT molecular complexity index is 699. The highest BCUT2D eigenvalue weighted by molar-refractivity contribution is 9.10. The van der Waals surface area contributed by atoms with Gasteiger partial charge in [0, 0.05) is 32.0 Å². The number of thiazole rings is 1. The van der Waals surface area contributed by atoms with Crippen molar-refractivity contribution < 1.29 is 0 Å². The lowest BCUT2D eigenvalue weighted by Crippen LogP contribution is -1.83. The van der Waals surface area contributed by atoms with Gasteiger partial charge in [-0.3, -0.25) is 0 Å². The van der Waals surface area contributed by atoms with Gasteiger partial charge in [-0.25, -0.2) is 4.98 Å². The van der Waals surface area contributed by atoms with Crippen molar-refractivity contribution in [2.75, 3.05) is 5.73 Å². The number of aromatic amines is 1. The third-order valence-electron chi connectivity index (χ3n) is 2.72. The smallest absolute Gasteiger partial charge is 0.180 e. The van der Waals surface area contributed by atoms with E-state index in [2.05, 4.69) is 32.0 Å². The van der Waals surface area contributed by atoms with Crippen LogP contribution in [0.25, 0.3) is 22.2 Å². The van der Waals surface area contributed by atoms with Crippen LogP contribution in [0.15, 0.2) is 28.9 Å². The number of hydrogen-bond donors (Lipinski definition) is 2. The summed E-state index contributed by atoms with van der Waals surface area (Å²) in [7, 11) is 0. The first-order valence-corrected chi connectivity index (χ1v) is 6.76. The van der Waals surface area contributed by atoms with Gasteiger partial charge < -0.3 is 10.7 Å². The van der Waals surface area contributed by atoms with Gasteiger partial charge in [-0.2, -0.15) is 0 Å². The van der Waals surface area contributed by atoms with Crippen LogP contribution in [-0.2, 0) is 0 Å². The summed E-state index contributed by atoms with van der Waals surface area (Å²) in [5.74, 6) is 0. The van der Waals surface area contributed by atoms with E-state index in [9.17, 15) is 0 Å².